The molecule has 24 heavy (non-hydrogen) atoms. The van der Waals surface area contributed by atoms with Crippen molar-refractivity contribution in [2.45, 2.75) is 19.3 Å². The van der Waals surface area contributed by atoms with Crippen LogP contribution in [-0.4, -0.2) is 29.4 Å². The van der Waals surface area contributed by atoms with Gasteiger partial charge in [-0.15, -0.1) is 0 Å². The second-order valence-electron chi connectivity index (χ2n) is 5.35. The van der Waals surface area contributed by atoms with Gasteiger partial charge < -0.3 is 14.7 Å². The van der Waals surface area contributed by atoms with Crippen molar-refractivity contribution in [2.24, 2.45) is 0 Å². The van der Waals surface area contributed by atoms with Crippen LogP contribution < -0.4 is 15.5 Å². The third-order valence-electron chi connectivity index (χ3n) is 3.62. The van der Waals surface area contributed by atoms with Crippen LogP contribution in [-0.2, 0) is 14.4 Å². The number of hydrogen-bond donors (Lipinski definition) is 2. The molecule has 1 aliphatic rings. The van der Waals surface area contributed by atoms with Crippen LogP contribution in [0.1, 0.15) is 19.3 Å². The Bertz CT molecular complexity index is 757. The van der Waals surface area contributed by atoms with E-state index in [0.717, 1.165) is 12.8 Å². The van der Waals surface area contributed by atoms with Crippen LogP contribution in [0.5, 0.6) is 0 Å². The van der Waals surface area contributed by atoms with E-state index in [0.29, 0.717) is 24.3 Å². The molecular formula is C16H16N4O4. The lowest BCUT2D eigenvalue weighted by molar-refractivity contribution is -0.133. The van der Waals surface area contributed by atoms with E-state index in [-0.39, 0.29) is 11.7 Å². The first-order valence-corrected chi connectivity index (χ1v) is 7.56. The molecule has 0 spiro atoms. The lowest BCUT2D eigenvalue weighted by Gasteiger charge is -2.27. The van der Waals surface area contributed by atoms with Gasteiger partial charge in [0.2, 0.25) is 5.91 Å². The summed E-state index contributed by atoms with van der Waals surface area (Å²) in [5.74, 6) is -1.47. The van der Waals surface area contributed by atoms with Crippen molar-refractivity contribution in [2.75, 3.05) is 22.1 Å². The van der Waals surface area contributed by atoms with Gasteiger partial charge in [-0.25, -0.2) is 0 Å². The molecule has 1 saturated heterocycles. The molecule has 3 amide bonds. The van der Waals surface area contributed by atoms with Crippen LogP contribution in [0.15, 0.2) is 41.1 Å². The van der Waals surface area contributed by atoms with Gasteiger partial charge in [0.05, 0.1) is 0 Å². The minimum absolute atomic E-state index is 0.0634. The van der Waals surface area contributed by atoms with Crippen LogP contribution >= 0.6 is 0 Å². The second kappa shape index (κ2) is 6.95. The largest absolute Gasteiger partial charge is 0.363 e. The summed E-state index contributed by atoms with van der Waals surface area (Å²) < 4.78 is 4.57. The Morgan fingerprint density at radius 2 is 1.96 bits per heavy atom. The number of nitrogens with one attached hydrogen (secondary N) is 2. The SMILES string of the molecule is O=C(Nc1cccc(N2CCCCC2=O)c1)C(=O)Nc1ccon1. The highest BCUT2D eigenvalue weighted by Gasteiger charge is 2.20. The Hall–Kier alpha value is -3.16. The molecule has 1 aliphatic heterocycles. The number of benzene rings is 1. The van der Waals surface area contributed by atoms with Crippen molar-refractivity contribution in [3.8, 4) is 0 Å². The fourth-order valence-electron chi connectivity index (χ4n) is 2.47. The van der Waals surface area contributed by atoms with E-state index in [9.17, 15) is 14.4 Å². The third-order valence-corrected chi connectivity index (χ3v) is 3.62. The van der Waals surface area contributed by atoms with Gasteiger partial charge in [0.1, 0.15) is 6.26 Å². The summed E-state index contributed by atoms with van der Waals surface area (Å²) in [6.45, 7) is 0.656. The maximum absolute atomic E-state index is 12.0. The molecule has 0 unspecified atom stereocenters. The molecular weight excluding hydrogens is 312 g/mol. The number of aromatic nitrogens is 1. The predicted molar refractivity (Wildman–Crippen MR) is 86.4 cm³/mol. The molecule has 1 fully saturated rings. The first-order chi connectivity index (χ1) is 11.6. The smallest absolute Gasteiger partial charge is 0.315 e. The number of nitrogens with zero attached hydrogens (tertiary/aromatic N) is 2. The second-order valence-corrected chi connectivity index (χ2v) is 5.35. The topological polar surface area (TPSA) is 105 Å². The minimum atomic E-state index is -0.858. The zero-order valence-electron chi connectivity index (χ0n) is 12.8. The molecule has 2 N–H and O–H groups in total. The van der Waals surface area contributed by atoms with Crippen LogP contribution in [0.2, 0.25) is 0 Å². The summed E-state index contributed by atoms with van der Waals surface area (Å²) in [5, 5.41) is 8.31. The van der Waals surface area contributed by atoms with Crippen molar-refractivity contribution >= 4 is 34.9 Å². The van der Waals surface area contributed by atoms with Gasteiger partial charge in [0.15, 0.2) is 5.82 Å². The maximum Gasteiger partial charge on any atom is 0.315 e. The van der Waals surface area contributed by atoms with E-state index in [4.69, 9.17) is 0 Å². The molecule has 8 heteroatoms. The molecule has 1 aromatic carbocycles. The molecule has 1 aromatic heterocycles. The molecule has 3 rings (SSSR count). The fourth-order valence-corrected chi connectivity index (χ4v) is 2.47. The van der Waals surface area contributed by atoms with Gasteiger partial charge in [0, 0.05) is 30.4 Å². The third kappa shape index (κ3) is 3.60. The minimum Gasteiger partial charge on any atom is -0.363 e. The molecule has 0 atom stereocenters. The van der Waals surface area contributed by atoms with Crippen LogP contribution in [0.4, 0.5) is 17.2 Å². The monoisotopic (exact) mass is 328 g/mol. The van der Waals surface area contributed by atoms with Crippen molar-refractivity contribution in [3.05, 3.63) is 36.6 Å². The molecule has 0 bridgehead atoms. The van der Waals surface area contributed by atoms with Crippen LogP contribution in [0, 0.1) is 0 Å². The number of piperidine rings is 1. The molecule has 0 radical (unpaired) electrons. The predicted octanol–water partition coefficient (Wildman–Crippen LogP) is 1.77. The number of hydrogen-bond acceptors (Lipinski definition) is 5. The van der Waals surface area contributed by atoms with Crippen LogP contribution in [0.3, 0.4) is 0 Å². The highest BCUT2D eigenvalue weighted by Crippen LogP contribution is 2.23. The van der Waals surface area contributed by atoms with Gasteiger partial charge in [-0.2, -0.15) is 0 Å². The average molecular weight is 328 g/mol. The van der Waals surface area contributed by atoms with Gasteiger partial charge >= 0.3 is 11.8 Å². The Labute approximate surface area is 137 Å². The van der Waals surface area contributed by atoms with Crippen molar-refractivity contribution in [1.29, 1.82) is 0 Å². The summed E-state index contributed by atoms with van der Waals surface area (Å²) in [7, 11) is 0. The molecule has 2 aromatic rings. The molecule has 0 aliphatic carbocycles. The van der Waals surface area contributed by atoms with Gasteiger partial charge in [0.25, 0.3) is 0 Å². The summed E-state index contributed by atoms with van der Waals surface area (Å²) in [5.41, 5.74) is 1.14. The number of carbonyl (C=O) groups excluding carboxylic acids is 3. The standard InChI is InChI=1S/C16H16N4O4/c21-14-6-1-2-8-20(14)12-5-3-4-11(10-12)17-15(22)16(23)18-13-7-9-24-19-13/h3-5,7,9-10H,1-2,6,8H2,(H,17,22)(H,18,19,23). The number of carbonyl (C=O) groups is 3. The Morgan fingerprint density at radius 3 is 2.71 bits per heavy atom. The van der Waals surface area contributed by atoms with Gasteiger partial charge in [-0.05, 0) is 31.0 Å². The zero-order valence-corrected chi connectivity index (χ0v) is 12.8. The highest BCUT2D eigenvalue weighted by molar-refractivity contribution is 6.43. The Morgan fingerprint density at radius 1 is 1.12 bits per heavy atom. The highest BCUT2D eigenvalue weighted by atomic mass is 16.5. The molecule has 2 heterocycles. The van der Waals surface area contributed by atoms with Gasteiger partial charge in [-0.1, -0.05) is 11.2 Å². The lowest BCUT2D eigenvalue weighted by Crippen LogP contribution is -2.35. The first-order valence-electron chi connectivity index (χ1n) is 7.56. The number of amides is 3. The fraction of sp³-hybridized carbons (Fsp3) is 0.250. The van der Waals surface area contributed by atoms with E-state index in [2.05, 4.69) is 20.3 Å². The number of rotatable bonds is 3. The van der Waals surface area contributed by atoms with Crippen molar-refractivity contribution in [1.82, 2.24) is 5.16 Å². The van der Waals surface area contributed by atoms with E-state index >= 15 is 0 Å². The first kappa shape index (κ1) is 15.7. The summed E-state index contributed by atoms with van der Waals surface area (Å²) >= 11 is 0. The average Bonchev–Trinajstić information content (AvgIpc) is 3.08. The maximum atomic E-state index is 12.0. The Balaban J connectivity index is 1.66. The lowest BCUT2D eigenvalue weighted by atomic mass is 10.1. The Kier molecular flexibility index (Phi) is 4.55. The quantitative estimate of drug-likeness (QED) is 0.836. The summed E-state index contributed by atoms with van der Waals surface area (Å²) in [6, 6.07) is 8.27. The van der Waals surface area contributed by atoms with Crippen molar-refractivity contribution < 1.29 is 18.9 Å². The van der Waals surface area contributed by atoms with Gasteiger partial charge in [-0.3, -0.25) is 19.7 Å². The molecule has 124 valence electrons. The molecule has 8 nitrogen and oxygen atoms in total. The summed E-state index contributed by atoms with van der Waals surface area (Å²) in [6.07, 6.45) is 3.65. The van der Waals surface area contributed by atoms with E-state index in [1.165, 1.54) is 12.3 Å². The van der Waals surface area contributed by atoms with Crippen molar-refractivity contribution in [3.63, 3.8) is 0 Å². The zero-order chi connectivity index (χ0) is 16.9. The van der Waals surface area contributed by atoms with E-state index in [1.807, 2.05) is 0 Å². The summed E-state index contributed by atoms with van der Waals surface area (Å²) in [4.78, 5) is 37.4. The normalized spacial score (nSPS) is 14.3. The van der Waals surface area contributed by atoms with E-state index in [1.54, 1.807) is 29.2 Å². The number of anilines is 3. The van der Waals surface area contributed by atoms with E-state index < -0.39 is 11.8 Å². The van der Waals surface area contributed by atoms with Crippen LogP contribution in [0.25, 0.3) is 0 Å². The molecule has 0 saturated carbocycles.